The van der Waals surface area contributed by atoms with Crippen molar-refractivity contribution in [2.24, 2.45) is 0 Å². The van der Waals surface area contributed by atoms with Gasteiger partial charge in [0, 0.05) is 6.54 Å². The predicted molar refractivity (Wildman–Crippen MR) is 106 cm³/mol. The van der Waals surface area contributed by atoms with Crippen LogP contribution in [0.3, 0.4) is 0 Å². The van der Waals surface area contributed by atoms with Crippen LogP contribution in [0.25, 0.3) is 0 Å². The van der Waals surface area contributed by atoms with Crippen LogP contribution in [0.15, 0.2) is 42.5 Å². The fraction of sp³-hybridized carbons (Fsp3) is 0.400. The lowest BCUT2D eigenvalue weighted by molar-refractivity contribution is 0.220. The first-order chi connectivity index (χ1) is 11.8. The summed E-state index contributed by atoms with van der Waals surface area (Å²) in [4.78, 5) is 2.53. The average molecular weight is 437 g/mol. The minimum atomic E-state index is 0.554. The van der Waals surface area contributed by atoms with E-state index < -0.39 is 0 Å². The molecule has 1 aliphatic rings. The molecule has 0 atom stereocenters. The molecule has 0 saturated carbocycles. The van der Waals surface area contributed by atoms with E-state index in [1.165, 1.54) is 37.9 Å². The largest absolute Gasteiger partial charge is 0.493 e. The summed E-state index contributed by atoms with van der Waals surface area (Å²) >= 11 is 2.35. The van der Waals surface area contributed by atoms with Gasteiger partial charge in [-0.25, -0.2) is 0 Å². The van der Waals surface area contributed by atoms with Crippen molar-refractivity contribution < 1.29 is 9.47 Å². The number of ether oxygens (including phenoxy) is 2. The summed E-state index contributed by atoms with van der Waals surface area (Å²) in [6, 6.07) is 14.6. The summed E-state index contributed by atoms with van der Waals surface area (Å²) in [5.74, 6) is 1.66. The Morgan fingerprint density at radius 3 is 2.46 bits per heavy atom. The second-order valence-electron chi connectivity index (χ2n) is 6.22. The number of nitrogens with zero attached hydrogens (tertiary/aromatic N) is 1. The van der Waals surface area contributed by atoms with Gasteiger partial charge in [0.05, 0.1) is 10.7 Å². The van der Waals surface area contributed by atoms with Crippen LogP contribution < -0.4 is 9.47 Å². The van der Waals surface area contributed by atoms with E-state index in [9.17, 15) is 0 Å². The highest BCUT2D eigenvalue weighted by atomic mass is 127. The summed E-state index contributed by atoms with van der Waals surface area (Å²) in [5.41, 5.74) is 2.46. The fourth-order valence-corrected chi connectivity index (χ4v) is 3.93. The van der Waals surface area contributed by atoms with Crippen molar-refractivity contribution in [3.63, 3.8) is 0 Å². The lowest BCUT2D eigenvalue weighted by atomic mass is 10.1. The van der Waals surface area contributed by atoms with Gasteiger partial charge in [-0.1, -0.05) is 36.8 Å². The smallest absolute Gasteiger partial charge is 0.174 e. The van der Waals surface area contributed by atoms with Crippen molar-refractivity contribution in [2.45, 2.75) is 32.4 Å². The maximum Gasteiger partial charge on any atom is 0.174 e. The Morgan fingerprint density at radius 1 is 1.00 bits per heavy atom. The Hall–Kier alpha value is -1.27. The minimum Gasteiger partial charge on any atom is -0.493 e. The van der Waals surface area contributed by atoms with Crippen LogP contribution in [-0.4, -0.2) is 25.1 Å². The van der Waals surface area contributed by atoms with Crippen LogP contribution >= 0.6 is 22.6 Å². The molecule has 0 N–H and O–H groups in total. The van der Waals surface area contributed by atoms with Crippen molar-refractivity contribution >= 4 is 22.6 Å². The summed E-state index contributed by atoms with van der Waals surface area (Å²) in [7, 11) is 1.71. The predicted octanol–water partition coefficient (Wildman–Crippen LogP) is 4.86. The molecule has 1 heterocycles. The third-order valence-corrected chi connectivity index (χ3v) is 5.17. The van der Waals surface area contributed by atoms with Crippen LogP contribution in [0.2, 0.25) is 0 Å². The molecule has 1 aliphatic heterocycles. The minimum absolute atomic E-state index is 0.554. The van der Waals surface area contributed by atoms with Crippen LogP contribution in [0.4, 0.5) is 0 Å². The molecule has 128 valence electrons. The maximum atomic E-state index is 6.04. The van der Waals surface area contributed by atoms with Crippen molar-refractivity contribution in [3.8, 4) is 11.5 Å². The normalized spacial score (nSPS) is 15.2. The fourth-order valence-electron chi connectivity index (χ4n) is 3.11. The van der Waals surface area contributed by atoms with E-state index in [2.05, 4.69) is 51.8 Å². The van der Waals surface area contributed by atoms with Crippen LogP contribution in [0, 0.1) is 3.57 Å². The number of benzene rings is 2. The second kappa shape index (κ2) is 8.72. The van der Waals surface area contributed by atoms with E-state index in [1.54, 1.807) is 7.11 Å². The van der Waals surface area contributed by atoms with E-state index in [4.69, 9.17) is 9.47 Å². The topological polar surface area (TPSA) is 21.7 Å². The molecule has 0 unspecified atom stereocenters. The molecule has 2 aromatic carbocycles. The highest BCUT2D eigenvalue weighted by molar-refractivity contribution is 14.1. The van der Waals surface area contributed by atoms with Gasteiger partial charge in [0.25, 0.3) is 0 Å². The van der Waals surface area contributed by atoms with Gasteiger partial charge < -0.3 is 9.47 Å². The number of hydrogen-bond acceptors (Lipinski definition) is 3. The molecule has 24 heavy (non-hydrogen) atoms. The standard InChI is InChI=1S/C20H24INO2/c1-23-19-13-17(14-22-10-6-3-7-11-22)12-18(21)20(19)24-15-16-8-4-2-5-9-16/h2,4-5,8-9,12-13H,3,6-7,10-11,14-15H2,1H3. The summed E-state index contributed by atoms with van der Waals surface area (Å²) in [5, 5.41) is 0. The summed E-state index contributed by atoms with van der Waals surface area (Å²) < 4.78 is 12.7. The molecule has 0 aromatic heterocycles. The first kappa shape index (κ1) is 17.5. The van der Waals surface area contributed by atoms with Gasteiger partial charge in [-0.2, -0.15) is 0 Å². The molecule has 1 fully saturated rings. The van der Waals surface area contributed by atoms with E-state index in [0.717, 1.165) is 27.2 Å². The Bertz CT molecular complexity index is 654. The first-order valence-corrected chi connectivity index (χ1v) is 9.59. The molecule has 3 rings (SSSR count). The maximum absolute atomic E-state index is 6.04. The molecule has 4 heteroatoms. The molecule has 3 nitrogen and oxygen atoms in total. The molecule has 0 radical (unpaired) electrons. The van der Waals surface area contributed by atoms with Gasteiger partial charge >= 0.3 is 0 Å². The monoisotopic (exact) mass is 437 g/mol. The van der Waals surface area contributed by atoms with Crippen molar-refractivity contribution in [3.05, 3.63) is 57.2 Å². The van der Waals surface area contributed by atoms with Gasteiger partial charge in [0.1, 0.15) is 6.61 Å². The summed E-state index contributed by atoms with van der Waals surface area (Å²) in [6.45, 7) is 3.94. The molecule has 1 saturated heterocycles. The van der Waals surface area contributed by atoms with Gasteiger partial charge in [-0.15, -0.1) is 0 Å². The number of rotatable bonds is 6. The molecular weight excluding hydrogens is 413 g/mol. The molecule has 2 aromatic rings. The van der Waals surface area contributed by atoms with Gasteiger partial charge in [0.2, 0.25) is 0 Å². The lowest BCUT2D eigenvalue weighted by Gasteiger charge is -2.26. The SMILES string of the molecule is COc1cc(CN2CCCCC2)cc(I)c1OCc1ccccc1. The van der Waals surface area contributed by atoms with Crippen molar-refractivity contribution in [1.82, 2.24) is 4.90 Å². The number of hydrogen-bond donors (Lipinski definition) is 0. The third-order valence-electron chi connectivity index (χ3n) is 4.37. The number of methoxy groups -OCH3 is 1. The third kappa shape index (κ3) is 4.63. The molecule has 0 spiro atoms. The Balaban J connectivity index is 1.72. The van der Waals surface area contributed by atoms with Crippen LogP contribution in [-0.2, 0) is 13.2 Å². The Kier molecular flexibility index (Phi) is 6.37. The number of likely N-dealkylation sites (tertiary alicyclic amines) is 1. The van der Waals surface area contributed by atoms with E-state index in [-0.39, 0.29) is 0 Å². The van der Waals surface area contributed by atoms with Crippen LogP contribution in [0.1, 0.15) is 30.4 Å². The highest BCUT2D eigenvalue weighted by Gasteiger charge is 2.15. The van der Waals surface area contributed by atoms with Crippen LogP contribution in [0.5, 0.6) is 11.5 Å². The summed E-state index contributed by atoms with van der Waals surface area (Å²) in [6.07, 6.45) is 3.99. The zero-order valence-corrected chi connectivity index (χ0v) is 16.3. The Labute approximate surface area is 158 Å². The number of halogens is 1. The molecule has 0 aliphatic carbocycles. The van der Waals surface area contributed by atoms with E-state index in [1.807, 2.05) is 18.2 Å². The van der Waals surface area contributed by atoms with E-state index in [0.29, 0.717) is 6.61 Å². The molecular formula is C20H24INO2. The first-order valence-electron chi connectivity index (χ1n) is 8.52. The number of piperidine rings is 1. The van der Waals surface area contributed by atoms with Crippen molar-refractivity contribution in [2.75, 3.05) is 20.2 Å². The average Bonchev–Trinajstić information content (AvgIpc) is 2.62. The second-order valence-corrected chi connectivity index (χ2v) is 7.38. The van der Waals surface area contributed by atoms with E-state index >= 15 is 0 Å². The zero-order valence-electron chi connectivity index (χ0n) is 14.1. The quantitative estimate of drug-likeness (QED) is 0.603. The van der Waals surface area contributed by atoms with Gasteiger partial charge in [-0.05, 0) is 71.8 Å². The highest BCUT2D eigenvalue weighted by Crippen LogP contribution is 2.35. The molecule has 0 amide bonds. The molecule has 0 bridgehead atoms. The van der Waals surface area contributed by atoms with Gasteiger partial charge in [-0.3, -0.25) is 4.90 Å². The zero-order chi connectivity index (χ0) is 16.8. The lowest BCUT2D eigenvalue weighted by Crippen LogP contribution is -2.29. The Morgan fingerprint density at radius 2 is 1.75 bits per heavy atom. The van der Waals surface area contributed by atoms with Crippen molar-refractivity contribution in [1.29, 1.82) is 0 Å². The van der Waals surface area contributed by atoms with Gasteiger partial charge in [0.15, 0.2) is 11.5 Å².